The lowest BCUT2D eigenvalue weighted by molar-refractivity contribution is -0.00758. The van der Waals surface area contributed by atoms with Crippen molar-refractivity contribution < 1.29 is 0 Å². The van der Waals surface area contributed by atoms with Crippen molar-refractivity contribution in [2.75, 3.05) is 13.1 Å². The molecule has 0 bridgehead atoms. The van der Waals surface area contributed by atoms with Crippen molar-refractivity contribution in [1.82, 2.24) is 10.2 Å². The van der Waals surface area contributed by atoms with E-state index in [0.717, 1.165) is 17.9 Å². The Labute approximate surface area is 114 Å². The van der Waals surface area contributed by atoms with Gasteiger partial charge in [0.2, 0.25) is 0 Å². The van der Waals surface area contributed by atoms with Crippen LogP contribution in [-0.2, 0) is 0 Å². The van der Waals surface area contributed by atoms with Gasteiger partial charge in [-0.3, -0.25) is 4.90 Å². The normalized spacial score (nSPS) is 31.0. The fourth-order valence-electron chi connectivity index (χ4n) is 3.48. The lowest BCUT2D eigenvalue weighted by Gasteiger charge is -2.52. The minimum Gasteiger partial charge on any atom is -0.311 e. The molecule has 18 heavy (non-hydrogen) atoms. The van der Waals surface area contributed by atoms with Crippen LogP contribution in [-0.4, -0.2) is 35.6 Å². The lowest BCUT2D eigenvalue weighted by Crippen LogP contribution is -2.65. The maximum atomic E-state index is 3.82. The van der Waals surface area contributed by atoms with Crippen LogP contribution in [0.4, 0.5) is 0 Å². The predicted molar refractivity (Wildman–Crippen MR) is 78.8 cm³/mol. The highest BCUT2D eigenvalue weighted by Crippen LogP contribution is 2.37. The summed E-state index contributed by atoms with van der Waals surface area (Å²) < 4.78 is 0. The molecule has 1 saturated heterocycles. The molecule has 0 radical (unpaired) electrons. The smallest absolute Gasteiger partial charge is 0.0249 e. The van der Waals surface area contributed by atoms with Crippen LogP contribution >= 0.6 is 0 Å². The Balaban J connectivity index is 2.12. The third-order valence-corrected chi connectivity index (χ3v) is 5.56. The van der Waals surface area contributed by atoms with Gasteiger partial charge in [0.25, 0.3) is 0 Å². The molecule has 2 rings (SSSR count). The molecule has 2 aliphatic rings. The molecule has 2 unspecified atom stereocenters. The summed E-state index contributed by atoms with van der Waals surface area (Å²) in [4.78, 5) is 2.84. The topological polar surface area (TPSA) is 15.3 Å². The summed E-state index contributed by atoms with van der Waals surface area (Å²) in [5.74, 6) is 1.72. The fraction of sp³-hybridized carbons (Fsp3) is 1.00. The van der Waals surface area contributed by atoms with Crippen molar-refractivity contribution in [3.8, 4) is 0 Å². The van der Waals surface area contributed by atoms with Crippen molar-refractivity contribution >= 4 is 0 Å². The number of hydrogen-bond donors (Lipinski definition) is 1. The van der Waals surface area contributed by atoms with Gasteiger partial charge in [0, 0.05) is 30.7 Å². The third kappa shape index (κ3) is 2.75. The van der Waals surface area contributed by atoms with Gasteiger partial charge in [-0.1, -0.05) is 27.7 Å². The van der Waals surface area contributed by atoms with E-state index in [1.54, 1.807) is 0 Å². The Kier molecular flexibility index (Phi) is 4.38. The second-order valence-electron chi connectivity index (χ2n) is 7.02. The van der Waals surface area contributed by atoms with E-state index in [0.29, 0.717) is 11.6 Å². The summed E-state index contributed by atoms with van der Waals surface area (Å²) in [5.41, 5.74) is 0.393. The van der Waals surface area contributed by atoms with Gasteiger partial charge in [-0.25, -0.2) is 0 Å². The lowest BCUT2D eigenvalue weighted by atomic mass is 9.86. The molecular weight excluding hydrogens is 220 g/mol. The van der Waals surface area contributed by atoms with Crippen molar-refractivity contribution in [2.24, 2.45) is 11.8 Å². The molecule has 1 aliphatic heterocycles. The Morgan fingerprint density at radius 1 is 1.22 bits per heavy atom. The van der Waals surface area contributed by atoms with E-state index in [-0.39, 0.29) is 0 Å². The number of nitrogens with zero attached hydrogens (tertiary/aromatic N) is 1. The van der Waals surface area contributed by atoms with Gasteiger partial charge < -0.3 is 5.32 Å². The predicted octanol–water partition coefficient (Wildman–Crippen LogP) is 3.27. The number of piperazine rings is 1. The van der Waals surface area contributed by atoms with E-state index >= 15 is 0 Å². The molecule has 1 N–H and O–H groups in total. The molecule has 2 atom stereocenters. The van der Waals surface area contributed by atoms with Crippen LogP contribution in [0.15, 0.2) is 0 Å². The molecular formula is C16H32N2. The molecule has 0 aromatic rings. The minimum absolute atomic E-state index is 0.393. The second-order valence-corrected chi connectivity index (χ2v) is 7.02. The Hall–Kier alpha value is -0.0800. The molecule has 2 nitrogen and oxygen atoms in total. The summed E-state index contributed by atoms with van der Waals surface area (Å²) in [6.45, 7) is 14.4. The molecule has 1 saturated carbocycles. The SMILES string of the molecule is CCC(C)(CC)N1CC(C2CC2)NCC1C(C)C. The largest absolute Gasteiger partial charge is 0.311 e. The zero-order valence-electron chi connectivity index (χ0n) is 13.0. The van der Waals surface area contributed by atoms with E-state index in [9.17, 15) is 0 Å². The van der Waals surface area contributed by atoms with Crippen LogP contribution in [0.25, 0.3) is 0 Å². The molecule has 1 aliphatic carbocycles. The summed E-state index contributed by atoms with van der Waals surface area (Å²) in [6, 6.07) is 1.47. The van der Waals surface area contributed by atoms with Crippen LogP contribution in [0.3, 0.4) is 0 Å². The summed E-state index contributed by atoms with van der Waals surface area (Å²) in [7, 11) is 0. The van der Waals surface area contributed by atoms with Gasteiger partial charge >= 0.3 is 0 Å². The van der Waals surface area contributed by atoms with Crippen molar-refractivity contribution in [3.05, 3.63) is 0 Å². The fourth-order valence-corrected chi connectivity index (χ4v) is 3.48. The molecule has 0 aromatic carbocycles. The molecule has 1 heterocycles. The molecule has 0 spiro atoms. The van der Waals surface area contributed by atoms with Crippen LogP contribution in [0.2, 0.25) is 0 Å². The minimum atomic E-state index is 0.393. The molecule has 106 valence electrons. The van der Waals surface area contributed by atoms with Crippen LogP contribution < -0.4 is 5.32 Å². The van der Waals surface area contributed by atoms with Gasteiger partial charge in [-0.05, 0) is 44.4 Å². The Bertz CT molecular complexity index is 266. The average molecular weight is 252 g/mol. The first-order valence-corrected chi connectivity index (χ1v) is 8.02. The monoisotopic (exact) mass is 252 g/mol. The first-order valence-electron chi connectivity index (χ1n) is 8.02. The van der Waals surface area contributed by atoms with E-state index in [1.165, 1.54) is 38.8 Å². The molecule has 2 heteroatoms. The average Bonchev–Trinajstić information content (AvgIpc) is 3.21. The zero-order valence-corrected chi connectivity index (χ0v) is 13.0. The van der Waals surface area contributed by atoms with Gasteiger partial charge in [-0.15, -0.1) is 0 Å². The molecule has 0 aromatic heterocycles. The summed E-state index contributed by atoms with van der Waals surface area (Å²) in [5, 5.41) is 3.82. The maximum absolute atomic E-state index is 3.82. The van der Waals surface area contributed by atoms with E-state index < -0.39 is 0 Å². The molecule has 0 amide bonds. The maximum Gasteiger partial charge on any atom is 0.0249 e. The van der Waals surface area contributed by atoms with E-state index in [2.05, 4.69) is 44.8 Å². The van der Waals surface area contributed by atoms with E-state index in [1.807, 2.05) is 0 Å². The van der Waals surface area contributed by atoms with Gasteiger partial charge in [0.15, 0.2) is 0 Å². The van der Waals surface area contributed by atoms with Crippen molar-refractivity contribution in [1.29, 1.82) is 0 Å². The third-order valence-electron chi connectivity index (χ3n) is 5.56. The Morgan fingerprint density at radius 3 is 2.28 bits per heavy atom. The van der Waals surface area contributed by atoms with Gasteiger partial charge in [0.05, 0.1) is 0 Å². The van der Waals surface area contributed by atoms with Gasteiger partial charge in [0.1, 0.15) is 0 Å². The Morgan fingerprint density at radius 2 is 1.83 bits per heavy atom. The highest BCUT2D eigenvalue weighted by molar-refractivity contribution is 5.00. The standard InChI is InChI=1S/C16H32N2/c1-6-16(5,7-2)18-11-14(13-8-9-13)17-10-15(18)12(3)4/h12-15,17H,6-11H2,1-5H3. The van der Waals surface area contributed by atoms with Crippen LogP contribution in [0, 0.1) is 11.8 Å². The van der Waals surface area contributed by atoms with Crippen molar-refractivity contribution in [3.63, 3.8) is 0 Å². The van der Waals surface area contributed by atoms with Gasteiger partial charge in [-0.2, -0.15) is 0 Å². The quantitative estimate of drug-likeness (QED) is 0.808. The number of nitrogens with one attached hydrogen (secondary N) is 1. The second kappa shape index (κ2) is 5.50. The zero-order chi connectivity index (χ0) is 13.3. The first-order chi connectivity index (χ1) is 8.51. The highest BCUT2D eigenvalue weighted by atomic mass is 15.3. The summed E-state index contributed by atoms with van der Waals surface area (Å²) >= 11 is 0. The first kappa shape index (κ1) is 14.3. The molecule has 2 fully saturated rings. The van der Waals surface area contributed by atoms with Crippen LogP contribution in [0.5, 0.6) is 0 Å². The van der Waals surface area contributed by atoms with Crippen molar-refractivity contribution in [2.45, 2.75) is 77.9 Å². The number of hydrogen-bond acceptors (Lipinski definition) is 2. The highest BCUT2D eigenvalue weighted by Gasteiger charge is 2.43. The number of rotatable bonds is 5. The van der Waals surface area contributed by atoms with E-state index in [4.69, 9.17) is 0 Å². The summed E-state index contributed by atoms with van der Waals surface area (Å²) in [6.07, 6.45) is 5.44. The van der Waals surface area contributed by atoms with Crippen LogP contribution in [0.1, 0.15) is 60.3 Å².